The van der Waals surface area contributed by atoms with Crippen molar-refractivity contribution in [1.82, 2.24) is 25.5 Å². The molecule has 0 unspecified atom stereocenters. The number of allylic oxidation sites excluding steroid dienone is 5. The molecular formula is C27H40N8O. The van der Waals surface area contributed by atoms with Crippen molar-refractivity contribution in [3.63, 3.8) is 0 Å². The van der Waals surface area contributed by atoms with E-state index in [1.165, 1.54) is 31.5 Å². The number of aromatic nitrogens is 2. The SMILES string of the molecule is C=C/C(=C\C=C(C)C)NC(=O)C1CC1.Cc1nc(NCCN2CCCC2)cc(NC2=CC=NCN2)n1. The smallest absolute Gasteiger partial charge is 0.227 e. The predicted molar refractivity (Wildman–Crippen MR) is 148 cm³/mol. The summed E-state index contributed by atoms with van der Waals surface area (Å²) < 4.78 is 0. The summed E-state index contributed by atoms with van der Waals surface area (Å²) in [6, 6.07) is 1.94. The third-order valence-corrected chi connectivity index (χ3v) is 5.77. The van der Waals surface area contributed by atoms with Gasteiger partial charge in [-0.25, -0.2) is 9.97 Å². The van der Waals surface area contributed by atoms with E-state index in [-0.39, 0.29) is 11.8 Å². The van der Waals surface area contributed by atoms with Crippen molar-refractivity contribution >= 4 is 23.8 Å². The molecule has 0 aromatic carbocycles. The van der Waals surface area contributed by atoms with Gasteiger partial charge in [0.2, 0.25) is 5.91 Å². The molecule has 0 atom stereocenters. The van der Waals surface area contributed by atoms with Crippen LogP contribution in [-0.2, 0) is 4.79 Å². The topological polar surface area (TPSA) is 107 Å². The average Bonchev–Trinajstić information content (AvgIpc) is 3.59. The first-order valence-electron chi connectivity index (χ1n) is 12.7. The third kappa shape index (κ3) is 10.0. The standard InChI is InChI=1S/C15H23N7.C12H17NO/c1-12-19-14(17-6-9-22-7-2-3-8-22)10-15(20-12)21-13-4-5-16-11-18-13;1-4-11(8-5-9(2)3)13-12(14)10-6-7-10/h4-5,10,18H,2-3,6-9,11H2,1H3,(H2,17,19,20,21);4-5,8,10H,1,6-7H2,2-3H3,(H,13,14)/b;11-8+. The zero-order valence-corrected chi connectivity index (χ0v) is 21.8. The van der Waals surface area contributed by atoms with E-state index in [1.807, 2.05) is 45.1 Å². The Morgan fingerprint density at radius 2 is 1.94 bits per heavy atom. The molecule has 0 spiro atoms. The molecule has 0 radical (unpaired) electrons. The lowest BCUT2D eigenvalue weighted by molar-refractivity contribution is -0.121. The summed E-state index contributed by atoms with van der Waals surface area (Å²) >= 11 is 0. The summed E-state index contributed by atoms with van der Waals surface area (Å²) in [7, 11) is 0. The fourth-order valence-corrected chi connectivity index (χ4v) is 3.67. The Morgan fingerprint density at radius 1 is 1.19 bits per heavy atom. The summed E-state index contributed by atoms with van der Waals surface area (Å²) in [5, 5.41) is 12.6. The lowest BCUT2D eigenvalue weighted by Gasteiger charge is -2.16. The number of aryl methyl sites for hydroxylation is 1. The highest BCUT2D eigenvalue weighted by Gasteiger charge is 2.29. The highest BCUT2D eigenvalue weighted by atomic mass is 16.2. The van der Waals surface area contributed by atoms with Crippen LogP contribution in [0.5, 0.6) is 0 Å². The number of hydrogen-bond acceptors (Lipinski definition) is 8. The highest BCUT2D eigenvalue weighted by molar-refractivity contribution is 5.82. The number of hydrogen-bond donors (Lipinski definition) is 4. The maximum absolute atomic E-state index is 11.4. The van der Waals surface area contributed by atoms with E-state index in [0.717, 1.165) is 54.9 Å². The van der Waals surface area contributed by atoms with Crippen LogP contribution in [0.25, 0.3) is 0 Å². The summed E-state index contributed by atoms with van der Waals surface area (Å²) in [4.78, 5) is 26.8. The zero-order chi connectivity index (χ0) is 25.8. The number of nitrogens with one attached hydrogen (secondary N) is 4. The minimum absolute atomic E-state index is 0.123. The van der Waals surface area contributed by atoms with Crippen LogP contribution in [0.15, 0.2) is 59.0 Å². The molecule has 36 heavy (non-hydrogen) atoms. The van der Waals surface area contributed by atoms with Crippen molar-refractivity contribution in [3.8, 4) is 0 Å². The zero-order valence-electron chi connectivity index (χ0n) is 21.8. The molecule has 1 aromatic rings. The molecule has 4 N–H and O–H groups in total. The Kier molecular flexibility index (Phi) is 10.7. The first-order chi connectivity index (χ1) is 17.4. The van der Waals surface area contributed by atoms with Crippen LogP contribution in [0.3, 0.4) is 0 Å². The Balaban J connectivity index is 0.000000223. The molecule has 1 aromatic heterocycles. The van der Waals surface area contributed by atoms with Gasteiger partial charge in [0.1, 0.15) is 29.9 Å². The fraction of sp³-hybridized carbons (Fsp3) is 0.481. The largest absolute Gasteiger partial charge is 0.369 e. The monoisotopic (exact) mass is 492 g/mol. The minimum Gasteiger partial charge on any atom is -0.369 e. The van der Waals surface area contributed by atoms with Crippen molar-refractivity contribution in [2.24, 2.45) is 10.9 Å². The maximum Gasteiger partial charge on any atom is 0.227 e. The third-order valence-electron chi connectivity index (χ3n) is 5.77. The Morgan fingerprint density at radius 3 is 2.58 bits per heavy atom. The molecule has 0 bridgehead atoms. The molecule has 1 amide bonds. The quantitative estimate of drug-likeness (QED) is 0.369. The number of likely N-dealkylation sites (tertiary alicyclic amines) is 1. The van der Waals surface area contributed by atoms with Crippen LogP contribution in [-0.4, -0.2) is 59.8 Å². The highest BCUT2D eigenvalue weighted by Crippen LogP contribution is 2.29. The second-order valence-corrected chi connectivity index (χ2v) is 9.37. The number of aliphatic imine (C=N–C) groups is 1. The first kappa shape index (κ1) is 27.1. The van der Waals surface area contributed by atoms with Gasteiger partial charge in [-0.3, -0.25) is 9.79 Å². The lowest BCUT2D eigenvalue weighted by Crippen LogP contribution is -2.26. The van der Waals surface area contributed by atoms with Gasteiger partial charge in [0.25, 0.3) is 0 Å². The van der Waals surface area contributed by atoms with E-state index in [9.17, 15) is 4.79 Å². The average molecular weight is 493 g/mol. The Hall–Kier alpha value is -3.46. The molecule has 194 valence electrons. The molecule has 2 fully saturated rings. The molecule has 1 saturated heterocycles. The van der Waals surface area contributed by atoms with Crippen LogP contribution >= 0.6 is 0 Å². The van der Waals surface area contributed by atoms with Crippen molar-refractivity contribution < 1.29 is 4.79 Å². The summed E-state index contributed by atoms with van der Waals surface area (Å²) in [6.07, 6.45) is 13.9. The van der Waals surface area contributed by atoms with Gasteiger partial charge < -0.3 is 26.2 Å². The summed E-state index contributed by atoms with van der Waals surface area (Å²) in [6.45, 7) is 14.6. The number of carbonyl (C=O) groups excluding carboxylic acids is 1. The van der Waals surface area contributed by atoms with E-state index in [4.69, 9.17) is 0 Å². The summed E-state index contributed by atoms with van der Waals surface area (Å²) in [5.41, 5.74) is 1.98. The van der Waals surface area contributed by atoms with E-state index in [0.29, 0.717) is 6.67 Å². The van der Waals surface area contributed by atoms with E-state index in [1.54, 1.807) is 12.3 Å². The van der Waals surface area contributed by atoms with Crippen LogP contribution in [0.2, 0.25) is 0 Å². The molecule has 3 aliphatic rings. The van der Waals surface area contributed by atoms with Gasteiger partial charge in [-0.2, -0.15) is 0 Å². The second-order valence-electron chi connectivity index (χ2n) is 9.37. The van der Waals surface area contributed by atoms with Crippen molar-refractivity contribution in [1.29, 1.82) is 0 Å². The van der Waals surface area contributed by atoms with Gasteiger partial charge >= 0.3 is 0 Å². The number of anilines is 2. The van der Waals surface area contributed by atoms with Gasteiger partial charge in [0, 0.05) is 37.0 Å². The second kappa shape index (κ2) is 14.2. The number of nitrogens with zero attached hydrogens (tertiary/aromatic N) is 4. The van der Waals surface area contributed by atoms with Gasteiger partial charge in [0.15, 0.2) is 0 Å². The van der Waals surface area contributed by atoms with E-state index >= 15 is 0 Å². The van der Waals surface area contributed by atoms with Gasteiger partial charge in [-0.1, -0.05) is 18.2 Å². The molecule has 3 heterocycles. The van der Waals surface area contributed by atoms with E-state index in [2.05, 4.69) is 47.7 Å². The number of rotatable bonds is 10. The molecule has 9 heteroatoms. The van der Waals surface area contributed by atoms with Crippen molar-refractivity contribution in [3.05, 3.63) is 59.9 Å². The van der Waals surface area contributed by atoms with Crippen LogP contribution in [0.1, 0.15) is 45.4 Å². The molecule has 1 aliphatic carbocycles. The van der Waals surface area contributed by atoms with Crippen molar-refractivity contribution in [2.45, 2.75) is 46.5 Å². The van der Waals surface area contributed by atoms with Gasteiger partial charge in [-0.05, 0) is 77.8 Å². The number of carbonyl (C=O) groups is 1. The normalized spacial score (nSPS) is 17.2. The summed E-state index contributed by atoms with van der Waals surface area (Å²) in [5.74, 6) is 3.66. The predicted octanol–water partition coefficient (Wildman–Crippen LogP) is 3.73. The van der Waals surface area contributed by atoms with Crippen LogP contribution in [0.4, 0.5) is 11.6 Å². The lowest BCUT2D eigenvalue weighted by atomic mass is 10.2. The van der Waals surface area contributed by atoms with Gasteiger partial charge in [-0.15, -0.1) is 0 Å². The minimum atomic E-state index is 0.123. The molecular weight excluding hydrogens is 452 g/mol. The maximum atomic E-state index is 11.4. The molecule has 2 aliphatic heterocycles. The first-order valence-corrected chi connectivity index (χ1v) is 12.7. The van der Waals surface area contributed by atoms with Crippen molar-refractivity contribution in [2.75, 3.05) is 43.5 Å². The van der Waals surface area contributed by atoms with E-state index < -0.39 is 0 Å². The molecule has 1 saturated carbocycles. The molecule has 4 rings (SSSR count). The number of amides is 1. The Labute approximate surface area is 215 Å². The van der Waals surface area contributed by atoms with Crippen LogP contribution in [0, 0.1) is 12.8 Å². The van der Waals surface area contributed by atoms with Crippen LogP contribution < -0.4 is 21.3 Å². The fourth-order valence-electron chi connectivity index (χ4n) is 3.67. The Bertz CT molecular complexity index is 1010. The molecule has 9 nitrogen and oxygen atoms in total. The van der Waals surface area contributed by atoms with Gasteiger partial charge in [0.05, 0.1) is 0 Å².